The fourth-order valence-electron chi connectivity index (χ4n) is 1.53. The van der Waals surface area contributed by atoms with Gasteiger partial charge in [0.2, 0.25) is 0 Å². The second kappa shape index (κ2) is 5.56. The molecule has 0 spiro atoms. The number of carbonyl (C=O) groups excluding carboxylic acids is 1. The Bertz CT molecular complexity index is 518. The van der Waals surface area contributed by atoms with E-state index in [1.165, 1.54) is 12.1 Å². The highest BCUT2D eigenvalue weighted by Gasteiger charge is 2.07. The Morgan fingerprint density at radius 3 is 2.53 bits per heavy atom. The van der Waals surface area contributed by atoms with Gasteiger partial charge in [-0.1, -0.05) is 12.1 Å². The Labute approximate surface area is 111 Å². The zero-order valence-corrected chi connectivity index (χ0v) is 11.4. The number of hydrogen-bond acceptors (Lipinski definition) is 2. The monoisotopic (exact) mass is 312 g/mol. The van der Waals surface area contributed by atoms with Crippen LogP contribution in [-0.2, 0) is 17.6 Å². The van der Waals surface area contributed by atoms with Gasteiger partial charge in [0.25, 0.3) is 0 Å². The lowest BCUT2D eigenvalue weighted by atomic mass is 10.1. The summed E-state index contributed by atoms with van der Waals surface area (Å²) in [6.45, 7) is 0. The number of carbonyl (C=O) groups is 1. The molecule has 1 aromatic heterocycles. The highest BCUT2D eigenvalue weighted by molar-refractivity contribution is 9.10. The molecule has 0 aliphatic rings. The first-order chi connectivity index (χ1) is 8.13. The van der Waals surface area contributed by atoms with Gasteiger partial charge in [-0.2, -0.15) is 0 Å². The molecule has 1 aromatic carbocycles. The van der Waals surface area contributed by atoms with Crippen LogP contribution < -0.4 is 0 Å². The van der Waals surface area contributed by atoms with Crippen LogP contribution in [0.4, 0.5) is 4.39 Å². The quantitative estimate of drug-likeness (QED) is 0.834. The van der Waals surface area contributed by atoms with Crippen LogP contribution in [0.15, 0.2) is 40.2 Å². The first-order valence-corrected chi connectivity index (χ1v) is 6.80. The fourth-order valence-corrected chi connectivity index (χ4v) is 3.01. The maximum atomic E-state index is 12.7. The highest BCUT2D eigenvalue weighted by atomic mass is 79.9. The van der Waals surface area contributed by atoms with E-state index < -0.39 is 0 Å². The molecule has 0 unspecified atom stereocenters. The number of halogens is 2. The summed E-state index contributed by atoms with van der Waals surface area (Å²) in [5.41, 5.74) is 0.854. The van der Waals surface area contributed by atoms with E-state index in [-0.39, 0.29) is 11.6 Å². The molecule has 1 heterocycles. The molecule has 0 bridgehead atoms. The fraction of sp³-hybridized carbons (Fsp3) is 0.154. The molecule has 0 saturated carbocycles. The van der Waals surface area contributed by atoms with E-state index in [1.54, 1.807) is 23.5 Å². The number of hydrogen-bond donors (Lipinski definition) is 0. The molecule has 0 N–H and O–H groups in total. The van der Waals surface area contributed by atoms with Crippen LogP contribution in [0.3, 0.4) is 0 Å². The third-order valence-corrected chi connectivity index (χ3v) is 4.01. The number of benzene rings is 1. The van der Waals surface area contributed by atoms with E-state index in [4.69, 9.17) is 0 Å². The van der Waals surface area contributed by atoms with E-state index in [9.17, 15) is 9.18 Å². The van der Waals surface area contributed by atoms with Crippen molar-refractivity contribution in [1.29, 1.82) is 0 Å². The third-order valence-electron chi connectivity index (χ3n) is 2.31. The van der Waals surface area contributed by atoms with Gasteiger partial charge in [-0.25, -0.2) is 4.39 Å². The van der Waals surface area contributed by atoms with Crippen molar-refractivity contribution in [3.05, 3.63) is 56.4 Å². The summed E-state index contributed by atoms with van der Waals surface area (Å²) in [5, 5.41) is 1.96. The lowest BCUT2D eigenvalue weighted by molar-refractivity contribution is -0.117. The normalized spacial score (nSPS) is 10.5. The van der Waals surface area contributed by atoms with Gasteiger partial charge >= 0.3 is 0 Å². The van der Waals surface area contributed by atoms with Gasteiger partial charge in [0, 0.05) is 27.6 Å². The van der Waals surface area contributed by atoms with Crippen LogP contribution in [0, 0.1) is 5.82 Å². The lowest BCUT2D eigenvalue weighted by Gasteiger charge is -1.99. The second-order valence-corrected chi connectivity index (χ2v) is 5.66. The predicted molar refractivity (Wildman–Crippen MR) is 70.8 cm³/mol. The van der Waals surface area contributed by atoms with Crippen LogP contribution in [-0.4, -0.2) is 5.78 Å². The molecule has 0 aliphatic carbocycles. The molecule has 2 aromatic rings. The van der Waals surface area contributed by atoms with E-state index in [0.29, 0.717) is 12.8 Å². The minimum atomic E-state index is -0.275. The Morgan fingerprint density at radius 2 is 1.94 bits per heavy atom. The molecule has 0 saturated heterocycles. The molecular weight excluding hydrogens is 303 g/mol. The Hall–Kier alpha value is -1.000. The molecule has 1 nitrogen and oxygen atoms in total. The van der Waals surface area contributed by atoms with Gasteiger partial charge in [-0.05, 0) is 39.7 Å². The summed E-state index contributed by atoms with van der Waals surface area (Å²) in [6.07, 6.45) is 0.795. The zero-order chi connectivity index (χ0) is 12.3. The third kappa shape index (κ3) is 3.75. The Balaban J connectivity index is 1.95. The van der Waals surface area contributed by atoms with Crippen LogP contribution >= 0.6 is 27.3 Å². The molecular formula is C13H10BrFOS. The maximum Gasteiger partial charge on any atom is 0.142 e. The molecule has 0 aliphatic heterocycles. The van der Waals surface area contributed by atoms with Crippen LogP contribution in [0.25, 0.3) is 0 Å². The van der Waals surface area contributed by atoms with Gasteiger partial charge in [0.15, 0.2) is 0 Å². The minimum absolute atomic E-state index is 0.144. The topological polar surface area (TPSA) is 17.1 Å². The molecule has 2 rings (SSSR count). The van der Waals surface area contributed by atoms with Crippen LogP contribution in [0.2, 0.25) is 0 Å². The molecule has 17 heavy (non-hydrogen) atoms. The second-order valence-electron chi connectivity index (χ2n) is 3.75. The van der Waals surface area contributed by atoms with Crippen molar-refractivity contribution < 1.29 is 9.18 Å². The van der Waals surface area contributed by atoms with Crippen molar-refractivity contribution >= 4 is 33.0 Å². The summed E-state index contributed by atoms with van der Waals surface area (Å²) in [4.78, 5) is 12.8. The number of Topliss-reactive ketones (excluding diaryl/α,β-unsaturated/α-hetero) is 1. The van der Waals surface area contributed by atoms with Crippen LogP contribution in [0.1, 0.15) is 10.4 Å². The van der Waals surface area contributed by atoms with E-state index >= 15 is 0 Å². The lowest BCUT2D eigenvalue weighted by Crippen LogP contribution is -2.05. The first-order valence-electron chi connectivity index (χ1n) is 5.12. The van der Waals surface area contributed by atoms with Crippen LogP contribution in [0.5, 0.6) is 0 Å². The molecule has 0 radical (unpaired) electrons. The Morgan fingerprint density at radius 1 is 1.24 bits per heavy atom. The smallest absolute Gasteiger partial charge is 0.142 e. The van der Waals surface area contributed by atoms with Crippen molar-refractivity contribution in [2.24, 2.45) is 0 Å². The minimum Gasteiger partial charge on any atom is -0.299 e. The standard InChI is InChI=1S/C13H10BrFOS/c14-10-6-13(17-8-10)7-12(16)5-9-1-3-11(15)4-2-9/h1-4,6,8H,5,7H2. The van der Waals surface area contributed by atoms with E-state index in [2.05, 4.69) is 15.9 Å². The van der Waals surface area contributed by atoms with E-state index in [1.807, 2.05) is 11.4 Å². The van der Waals surface area contributed by atoms with Crippen molar-refractivity contribution in [2.75, 3.05) is 0 Å². The number of thiophene rings is 1. The van der Waals surface area contributed by atoms with Crippen molar-refractivity contribution in [3.8, 4) is 0 Å². The molecule has 0 atom stereocenters. The summed E-state index contributed by atoms with van der Waals surface area (Å²) in [7, 11) is 0. The zero-order valence-electron chi connectivity index (χ0n) is 8.95. The molecule has 88 valence electrons. The SMILES string of the molecule is O=C(Cc1ccc(F)cc1)Cc1cc(Br)cs1. The highest BCUT2D eigenvalue weighted by Crippen LogP contribution is 2.20. The van der Waals surface area contributed by atoms with Gasteiger partial charge in [-0.15, -0.1) is 11.3 Å². The summed E-state index contributed by atoms with van der Waals surface area (Å²) >= 11 is 4.92. The average Bonchev–Trinajstić information content (AvgIpc) is 2.67. The van der Waals surface area contributed by atoms with Crippen molar-refractivity contribution in [1.82, 2.24) is 0 Å². The van der Waals surface area contributed by atoms with E-state index in [0.717, 1.165) is 14.9 Å². The summed E-state index contributed by atoms with van der Waals surface area (Å²) in [5.74, 6) is -0.130. The van der Waals surface area contributed by atoms with Gasteiger partial charge in [-0.3, -0.25) is 4.79 Å². The maximum absolute atomic E-state index is 12.7. The summed E-state index contributed by atoms with van der Waals surface area (Å²) in [6, 6.07) is 8.01. The number of ketones is 1. The predicted octanol–water partition coefficient (Wildman–Crippen LogP) is 4.00. The number of rotatable bonds is 4. The molecule has 4 heteroatoms. The summed E-state index contributed by atoms with van der Waals surface area (Å²) < 4.78 is 13.7. The van der Waals surface area contributed by atoms with Gasteiger partial charge < -0.3 is 0 Å². The Kier molecular flexibility index (Phi) is 4.07. The van der Waals surface area contributed by atoms with Crippen molar-refractivity contribution in [2.45, 2.75) is 12.8 Å². The first kappa shape index (κ1) is 12.5. The molecule has 0 amide bonds. The van der Waals surface area contributed by atoms with Crippen molar-refractivity contribution in [3.63, 3.8) is 0 Å². The van der Waals surface area contributed by atoms with Gasteiger partial charge in [0.05, 0.1) is 0 Å². The largest absolute Gasteiger partial charge is 0.299 e. The average molecular weight is 313 g/mol. The molecule has 0 fully saturated rings. The van der Waals surface area contributed by atoms with Gasteiger partial charge in [0.1, 0.15) is 11.6 Å².